The minimum atomic E-state index is -1.79. The van der Waals surface area contributed by atoms with E-state index < -0.39 is 11.5 Å². The maximum atomic E-state index is 12.9. The first kappa shape index (κ1) is 18.3. The quantitative estimate of drug-likeness (QED) is 0.800. The Kier molecular flexibility index (Phi) is 4.97. The highest BCUT2D eigenvalue weighted by atomic mass is 16.3. The number of carbonyl (C=O) groups excluding carboxylic acids is 2. The molecule has 2 aromatic rings. The van der Waals surface area contributed by atoms with E-state index in [1.165, 1.54) is 0 Å². The van der Waals surface area contributed by atoms with Crippen LogP contribution in [0.25, 0.3) is 0 Å². The van der Waals surface area contributed by atoms with Crippen LogP contribution in [-0.4, -0.2) is 23.3 Å². The number of benzene rings is 2. The average Bonchev–Trinajstić information content (AvgIpc) is 2.84. The van der Waals surface area contributed by atoms with Crippen molar-refractivity contribution in [3.63, 3.8) is 0 Å². The normalized spacial score (nSPS) is 19.1. The molecule has 1 atom stereocenters. The van der Waals surface area contributed by atoms with Gasteiger partial charge < -0.3 is 10.0 Å². The lowest BCUT2D eigenvalue weighted by atomic mass is 9.87. The van der Waals surface area contributed by atoms with Crippen molar-refractivity contribution in [2.75, 3.05) is 11.4 Å². The van der Waals surface area contributed by atoms with Crippen LogP contribution < -0.4 is 4.90 Å². The number of hydrogen-bond acceptors (Lipinski definition) is 3. The molecule has 4 heteroatoms. The summed E-state index contributed by atoms with van der Waals surface area (Å²) in [6, 6.07) is 14.6. The van der Waals surface area contributed by atoms with Crippen molar-refractivity contribution in [3.05, 3.63) is 65.2 Å². The van der Waals surface area contributed by atoms with E-state index in [9.17, 15) is 14.7 Å². The molecule has 0 saturated heterocycles. The Morgan fingerprint density at radius 1 is 1.12 bits per heavy atom. The van der Waals surface area contributed by atoms with Gasteiger partial charge in [-0.1, -0.05) is 63.2 Å². The molecule has 0 saturated carbocycles. The van der Waals surface area contributed by atoms with Gasteiger partial charge in [-0.05, 0) is 24.0 Å². The van der Waals surface area contributed by atoms with E-state index in [0.29, 0.717) is 29.3 Å². The van der Waals surface area contributed by atoms with E-state index in [1.54, 1.807) is 29.2 Å². The monoisotopic (exact) mass is 351 g/mol. The second-order valence-corrected chi connectivity index (χ2v) is 7.21. The zero-order valence-electron chi connectivity index (χ0n) is 15.5. The first-order chi connectivity index (χ1) is 12.4. The summed E-state index contributed by atoms with van der Waals surface area (Å²) in [5, 5.41) is 11.2. The Labute approximate surface area is 154 Å². The fourth-order valence-corrected chi connectivity index (χ4v) is 3.51. The summed E-state index contributed by atoms with van der Waals surface area (Å²) in [6.45, 7) is 6.69. The Morgan fingerprint density at radius 2 is 1.77 bits per heavy atom. The molecule has 0 aromatic heterocycles. The largest absolute Gasteiger partial charge is 0.375 e. The Hall–Kier alpha value is -2.46. The van der Waals surface area contributed by atoms with Gasteiger partial charge in [-0.3, -0.25) is 9.59 Å². The lowest BCUT2D eigenvalue weighted by Crippen LogP contribution is -2.42. The predicted octanol–water partition coefficient (Wildman–Crippen LogP) is 4.03. The van der Waals surface area contributed by atoms with Gasteiger partial charge in [0.25, 0.3) is 5.91 Å². The highest BCUT2D eigenvalue weighted by molar-refractivity contribution is 6.10. The average molecular weight is 351 g/mol. The molecule has 1 N–H and O–H groups in total. The van der Waals surface area contributed by atoms with Gasteiger partial charge in [0.05, 0.1) is 12.1 Å². The van der Waals surface area contributed by atoms with Crippen molar-refractivity contribution < 1.29 is 14.7 Å². The molecule has 0 bridgehead atoms. The number of aliphatic hydroxyl groups is 1. The van der Waals surface area contributed by atoms with Gasteiger partial charge in [-0.25, -0.2) is 0 Å². The fraction of sp³-hybridized carbons (Fsp3) is 0.364. The molecule has 0 radical (unpaired) electrons. The van der Waals surface area contributed by atoms with Gasteiger partial charge in [-0.2, -0.15) is 0 Å². The minimum Gasteiger partial charge on any atom is -0.375 e. The molecule has 1 aliphatic heterocycles. The molecule has 0 unspecified atom stereocenters. The van der Waals surface area contributed by atoms with Gasteiger partial charge in [0.2, 0.25) is 0 Å². The summed E-state index contributed by atoms with van der Waals surface area (Å²) in [5.41, 5.74) is 1.09. The fourth-order valence-electron chi connectivity index (χ4n) is 3.51. The van der Waals surface area contributed by atoms with Crippen LogP contribution in [0.4, 0.5) is 5.69 Å². The standard InChI is InChI=1S/C22H25NO3/c1-4-13-23-19-8-6-5-7-18(19)22(26,21(23)25)14-20(24)17-11-9-16(10-12-17)15(2)3/h5-12,15,26H,4,13-14H2,1-3H3/t22-/m1/s1. The van der Waals surface area contributed by atoms with Crippen LogP contribution in [-0.2, 0) is 10.4 Å². The second kappa shape index (κ2) is 7.04. The van der Waals surface area contributed by atoms with E-state index in [2.05, 4.69) is 13.8 Å². The molecule has 1 aliphatic rings. The van der Waals surface area contributed by atoms with E-state index in [1.807, 2.05) is 31.2 Å². The summed E-state index contributed by atoms with van der Waals surface area (Å²) >= 11 is 0. The molecular formula is C22H25NO3. The van der Waals surface area contributed by atoms with Crippen molar-refractivity contribution in [2.24, 2.45) is 0 Å². The molecule has 26 heavy (non-hydrogen) atoms. The summed E-state index contributed by atoms with van der Waals surface area (Å²) in [7, 11) is 0. The lowest BCUT2D eigenvalue weighted by molar-refractivity contribution is -0.135. The molecule has 1 heterocycles. The number of ketones is 1. The highest BCUT2D eigenvalue weighted by Gasteiger charge is 2.50. The van der Waals surface area contributed by atoms with Crippen LogP contribution in [0.2, 0.25) is 0 Å². The van der Waals surface area contributed by atoms with Crippen LogP contribution in [0.15, 0.2) is 48.5 Å². The molecule has 0 fully saturated rings. The van der Waals surface area contributed by atoms with Gasteiger partial charge >= 0.3 is 0 Å². The van der Waals surface area contributed by atoms with Crippen molar-refractivity contribution in [1.29, 1.82) is 0 Å². The molecule has 0 spiro atoms. The molecule has 3 rings (SSSR count). The maximum absolute atomic E-state index is 12.9. The lowest BCUT2D eigenvalue weighted by Gasteiger charge is -2.22. The number of nitrogens with zero attached hydrogens (tertiary/aromatic N) is 1. The van der Waals surface area contributed by atoms with Crippen LogP contribution in [0, 0.1) is 0 Å². The Morgan fingerprint density at radius 3 is 2.38 bits per heavy atom. The van der Waals surface area contributed by atoms with Gasteiger partial charge in [0.1, 0.15) is 0 Å². The highest BCUT2D eigenvalue weighted by Crippen LogP contribution is 2.42. The maximum Gasteiger partial charge on any atom is 0.264 e. The second-order valence-electron chi connectivity index (χ2n) is 7.21. The third-order valence-electron chi connectivity index (χ3n) is 5.00. The number of hydrogen-bond donors (Lipinski definition) is 1. The van der Waals surface area contributed by atoms with Crippen molar-refractivity contribution in [2.45, 2.75) is 45.1 Å². The predicted molar refractivity (Wildman–Crippen MR) is 102 cm³/mol. The minimum absolute atomic E-state index is 0.232. The van der Waals surface area contributed by atoms with Crippen molar-refractivity contribution in [1.82, 2.24) is 0 Å². The molecule has 1 amide bonds. The zero-order chi connectivity index (χ0) is 18.9. The van der Waals surface area contributed by atoms with Gasteiger partial charge in [0, 0.05) is 17.7 Å². The third-order valence-corrected chi connectivity index (χ3v) is 5.00. The number of fused-ring (bicyclic) bond motifs is 1. The number of amides is 1. The first-order valence-corrected chi connectivity index (χ1v) is 9.15. The number of rotatable bonds is 6. The van der Waals surface area contributed by atoms with E-state index in [0.717, 1.165) is 12.0 Å². The van der Waals surface area contributed by atoms with Crippen LogP contribution in [0.3, 0.4) is 0 Å². The molecule has 4 nitrogen and oxygen atoms in total. The topological polar surface area (TPSA) is 57.6 Å². The number of para-hydroxylation sites is 1. The van der Waals surface area contributed by atoms with Crippen LogP contribution >= 0.6 is 0 Å². The van der Waals surface area contributed by atoms with Crippen molar-refractivity contribution in [3.8, 4) is 0 Å². The number of Topliss-reactive ketones (excluding diaryl/α,β-unsaturated/α-hetero) is 1. The van der Waals surface area contributed by atoms with E-state index in [4.69, 9.17) is 0 Å². The van der Waals surface area contributed by atoms with Gasteiger partial charge in [0.15, 0.2) is 11.4 Å². The van der Waals surface area contributed by atoms with Crippen LogP contribution in [0.1, 0.15) is 61.0 Å². The van der Waals surface area contributed by atoms with E-state index in [-0.39, 0.29) is 12.2 Å². The smallest absolute Gasteiger partial charge is 0.264 e. The van der Waals surface area contributed by atoms with Crippen LogP contribution in [0.5, 0.6) is 0 Å². The van der Waals surface area contributed by atoms with Gasteiger partial charge in [-0.15, -0.1) is 0 Å². The molecule has 0 aliphatic carbocycles. The van der Waals surface area contributed by atoms with E-state index >= 15 is 0 Å². The summed E-state index contributed by atoms with van der Waals surface area (Å²) < 4.78 is 0. The summed E-state index contributed by atoms with van der Waals surface area (Å²) in [6.07, 6.45) is 0.533. The Bertz CT molecular complexity index is 826. The first-order valence-electron chi connectivity index (χ1n) is 9.15. The summed E-state index contributed by atoms with van der Waals surface area (Å²) in [4.78, 5) is 27.3. The Balaban J connectivity index is 1.90. The zero-order valence-corrected chi connectivity index (χ0v) is 15.5. The molecule has 2 aromatic carbocycles. The molecule has 136 valence electrons. The number of anilines is 1. The summed E-state index contributed by atoms with van der Waals surface area (Å²) in [5.74, 6) is -0.258. The third kappa shape index (κ3) is 3.06. The SMILES string of the molecule is CCCN1C(=O)[C@@](O)(CC(=O)c2ccc(C(C)C)cc2)c2ccccc21. The number of carbonyl (C=O) groups is 2. The molecular weight excluding hydrogens is 326 g/mol. The van der Waals surface area contributed by atoms with Crippen molar-refractivity contribution >= 4 is 17.4 Å².